The molecule has 1 aliphatic rings. The van der Waals surface area contributed by atoms with E-state index in [1.54, 1.807) is 13.8 Å². The summed E-state index contributed by atoms with van der Waals surface area (Å²) in [4.78, 5) is 20.6. The van der Waals surface area contributed by atoms with Crippen molar-refractivity contribution in [3.63, 3.8) is 0 Å². The zero-order valence-corrected chi connectivity index (χ0v) is 6.83. The molecule has 4 heteroatoms. The predicted octanol–water partition coefficient (Wildman–Crippen LogP) is 0.877. The molecule has 11 heavy (non-hydrogen) atoms. The van der Waals surface area contributed by atoms with E-state index in [2.05, 4.69) is 0 Å². The molecule has 0 saturated heterocycles. The Morgan fingerprint density at radius 3 is 2.00 bits per heavy atom. The van der Waals surface area contributed by atoms with Crippen LogP contribution < -0.4 is 0 Å². The van der Waals surface area contributed by atoms with Crippen LogP contribution in [0.25, 0.3) is 0 Å². The molecule has 1 rings (SSSR count). The SMILES string of the molecule is CC1(C)C(C=O)C1(C)[N+](=O)[O-]. The van der Waals surface area contributed by atoms with E-state index in [1.165, 1.54) is 6.92 Å². The molecule has 0 aromatic rings. The van der Waals surface area contributed by atoms with Crippen LogP contribution >= 0.6 is 0 Å². The highest BCUT2D eigenvalue weighted by Gasteiger charge is 2.78. The van der Waals surface area contributed by atoms with E-state index >= 15 is 0 Å². The Labute approximate surface area is 64.7 Å². The first-order valence-electron chi connectivity index (χ1n) is 3.49. The second kappa shape index (κ2) is 1.81. The number of hydrogen-bond donors (Lipinski definition) is 0. The molecule has 0 aromatic heterocycles. The van der Waals surface area contributed by atoms with E-state index < -0.39 is 16.9 Å². The van der Waals surface area contributed by atoms with Gasteiger partial charge in [-0.15, -0.1) is 0 Å². The Balaban J connectivity index is 2.95. The maximum Gasteiger partial charge on any atom is 0.235 e. The Bertz CT molecular complexity index is 224. The van der Waals surface area contributed by atoms with E-state index in [9.17, 15) is 14.9 Å². The van der Waals surface area contributed by atoms with Crippen molar-refractivity contribution in [1.82, 2.24) is 0 Å². The van der Waals surface area contributed by atoms with Crippen LogP contribution in [0.1, 0.15) is 20.8 Å². The van der Waals surface area contributed by atoms with Crippen molar-refractivity contribution < 1.29 is 9.72 Å². The van der Waals surface area contributed by atoms with Crippen molar-refractivity contribution >= 4 is 6.29 Å². The Hall–Kier alpha value is -0.930. The highest BCUT2D eigenvalue weighted by molar-refractivity contribution is 5.64. The first kappa shape index (κ1) is 8.17. The topological polar surface area (TPSA) is 60.2 Å². The van der Waals surface area contributed by atoms with Gasteiger partial charge in [0, 0.05) is 11.8 Å². The summed E-state index contributed by atoms with van der Waals surface area (Å²) in [6.45, 7) is 5.01. The summed E-state index contributed by atoms with van der Waals surface area (Å²) in [5.74, 6) is -0.426. The maximum atomic E-state index is 10.5. The molecule has 62 valence electrons. The van der Waals surface area contributed by atoms with E-state index in [0.717, 1.165) is 0 Å². The fourth-order valence-corrected chi connectivity index (χ4v) is 1.65. The summed E-state index contributed by atoms with van der Waals surface area (Å²) in [5.41, 5.74) is -1.51. The van der Waals surface area contributed by atoms with Crippen LogP contribution in [-0.2, 0) is 4.79 Å². The second-order valence-corrected chi connectivity index (χ2v) is 3.74. The minimum absolute atomic E-state index is 0.355. The highest BCUT2D eigenvalue weighted by atomic mass is 16.6. The van der Waals surface area contributed by atoms with Crippen molar-refractivity contribution in [2.45, 2.75) is 26.3 Å². The van der Waals surface area contributed by atoms with Crippen LogP contribution in [0.4, 0.5) is 0 Å². The maximum absolute atomic E-state index is 10.5. The van der Waals surface area contributed by atoms with Gasteiger partial charge in [0.1, 0.15) is 6.29 Å². The van der Waals surface area contributed by atoms with Crippen LogP contribution in [0.2, 0.25) is 0 Å². The number of rotatable bonds is 2. The third-order valence-corrected chi connectivity index (χ3v) is 3.12. The number of carbonyl (C=O) groups is 1. The zero-order valence-electron chi connectivity index (χ0n) is 6.83. The van der Waals surface area contributed by atoms with Gasteiger partial charge in [-0.2, -0.15) is 0 Å². The third kappa shape index (κ3) is 0.667. The van der Waals surface area contributed by atoms with Gasteiger partial charge in [-0.3, -0.25) is 10.1 Å². The number of hydrogen-bond acceptors (Lipinski definition) is 3. The first-order chi connectivity index (χ1) is 4.89. The largest absolute Gasteiger partial charge is 0.303 e. The Morgan fingerprint density at radius 2 is 1.91 bits per heavy atom. The molecule has 0 heterocycles. The molecule has 4 nitrogen and oxygen atoms in total. The Kier molecular flexibility index (Phi) is 1.34. The van der Waals surface area contributed by atoms with Gasteiger partial charge in [0.2, 0.25) is 5.54 Å². The summed E-state index contributed by atoms with van der Waals surface area (Å²) in [5, 5.41) is 10.5. The van der Waals surface area contributed by atoms with Gasteiger partial charge in [-0.1, -0.05) is 13.8 Å². The lowest BCUT2D eigenvalue weighted by Gasteiger charge is -2.03. The minimum atomic E-state index is -1.03. The minimum Gasteiger partial charge on any atom is -0.303 e. The lowest BCUT2D eigenvalue weighted by Crippen LogP contribution is -2.24. The summed E-state index contributed by atoms with van der Waals surface area (Å²) in [7, 11) is 0. The molecule has 0 spiro atoms. The summed E-state index contributed by atoms with van der Waals surface area (Å²) in [6.07, 6.45) is 0.683. The molecule has 0 amide bonds. The standard InChI is InChI=1S/C7H11NO3/c1-6(2)5(4-9)7(6,3)8(10)11/h4-5H,1-3H3. The molecular formula is C7H11NO3. The van der Waals surface area contributed by atoms with Crippen molar-refractivity contribution in [2.75, 3.05) is 0 Å². The second-order valence-electron chi connectivity index (χ2n) is 3.74. The van der Waals surface area contributed by atoms with Gasteiger partial charge in [-0.25, -0.2) is 0 Å². The van der Waals surface area contributed by atoms with Crippen LogP contribution in [0.5, 0.6) is 0 Å². The molecule has 0 aliphatic heterocycles. The fourth-order valence-electron chi connectivity index (χ4n) is 1.65. The first-order valence-corrected chi connectivity index (χ1v) is 3.49. The van der Waals surface area contributed by atoms with Gasteiger partial charge in [0.05, 0.1) is 11.3 Å². The molecule has 1 saturated carbocycles. The van der Waals surface area contributed by atoms with Crippen molar-refractivity contribution in [3.8, 4) is 0 Å². The summed E-state index contributed by atoms with van der Waals surface area (Å²) < 4.78 is 0. The molecule has 0 aromatic carbocycles. The highest BCUT2D eigenvalue weighted by Crippen LogP contribution is 2.62. The molecule has 0 radical (unpaired) electrons. The molecule has 2 unspecified atom stereocenters. The van der Waals surface area contributed by atoms with E-state index in [-0.39, 0.29) is 4.92 Å². The predicted molar refractivity (Wildman–Crippen MR) is 38.7 cm³/mol. The average molecular weight is 157 g/mol. The van der Waals surface area contributed by atoms with Crippen molar-refractivity contribution in [3.05, 3.63) is 10.1 Å². The van der Waals surface area contributed by atoms with Crippen molar-refractivity contribution in [2.24, 2.45) is 11.3 Å². The quantitative estimate of drug-likeness (QED) is 0.339. The normalized spacial score (nSPS) is 39.7. The number of nitrogens with zero attached hydrogens (tertiary/aromatic N) is 1. The van der Waals surface area contributed by atoms with E-state index in [0.29, 0.717) is 6.29 Å². The van der Waals surface area contributed by atoms with Gasteiger partial charge >= 0.3 is 0 Å². The van der Waals surface area contributed by atoms with Gasteiger partial charge < -0.3 is 4.79 Å². The number of nitro groups is 1. The zero-order chi connectivity index (χ0) is 8.86. The molecule has 0 N–H and O–H groups in total. The van der Waals surface area contributed by atoms with Gasteiger partial charge in [0.25, 0.3) is 0 Å². The Morgan fingerprint density at radius 1 is 1.45 bits per heavy atom. The molecular weight excluding hydrogens is 146 g/mol. The molecule has 1 aliphatic carbocycles. The fraction of sp³-hybridized carbons (Fsp3) is 0.857. The van der Waals surface area contributed by atoms with Gasteiger partial charge in [-0.05, 0) is 0 Å². The molecule has 1 fully saturated rings. The monoisotopic (exact) mass is 157 g/mol. The number of aldehydes is 1. The average Bonchev–Trinajstić information content (AvgIpc) is 2.29. The number of carbonyl (C=O) groups excluding carboxylic acids is 1. The van der Waals surface area contributed by atoms with E-state index in [1.807, 2.05) is 0 Å². The molecule has 2 atom stereocenters. The van der Waals surface area contributed by atoms with Crippen molar-refractivity contribution in [1.29, 1.82) is 0 Å². The van der Waals surface area contributed by atoms with Crippen LogP contribution in [0, 0.1) is 21.4 Å². The van der Waals surface area contributed by atoms with E-state index in [4.69, 9.17) is 0 Å². The summed E-state index contributed by atoms with van der Waals surface area (Å²) in [6, 6.07) is 0. The van der Waals surface area contributed by atoms with Gasteiger partial charge in [0.15, 0.2) is 0 Å². The lowest BCUT2D eigenvalue weighted by molar-refractivity contribution is -0.543. The van der Waals surface area contributed by atoms with Crippen LogP contribution in [-0.4, -0.2) is 16.7 Å². The van der Waals surface area contributed by atoms with Crippen LogP contribution in [0.3, 0.4) is 0 Å². The lowest BCUT2D eigenvalue weighted by atomic mass is 10.1. The summed E-state index contributed by atoms with van der Waals surface area (Å²) >= 11 is 0. The van der Waals surface area contributed by atoms with Crippen LogP contribution in [0.15, 0.2) is 0 Å². The smallest absolute Gasteiger partial charge is 0.235 e. The molecule has 0 bridgehead atoms. The third-order valence-electron chi connectivity index (χ3n) is 3.12.